The van der Waals surface area contributed by atoms with Crippen molar-refractivity contribution in [3.05, 3.63) is 39.9 Å². The third-order valence-electron chi connectivity index (χ3n) is 2.56. The van der Waals surface area contributed by atoms with Crippen molar-refractivity contribution < 1.29 is 14.4 Å². The van der Waals surface area contributed by atoms with E-state index in [-0.39, 0.29) is 23.7 Å². The molecular weight excluding hydrogens is 278 g/mol. The van der Waals surface area contributed by atoms with Gasteiger partial charge in [-0.1, -0.05) is 12.1 Å². The van der Waals surface area contributed by atoms with E-state index in [1.54, 1.807) is 12.1 Å². The number of rotatable bonds is 6. The molecule has 21 heavy (non-hydrogen) atoms. The molecule has 0 fully saturated rings. The highest BCUT2D eigenvalue weighted by Crippen LogP contribution is 2.15. The van der Waals surface area contributed by atoms with E-state index in [4.69, 9.17) is 9.47 Å². The van der Waals surface area contributed by atoms with E-state index < -0.39 is 4.92 Å². The van der Waals surface area contributed by atoms with E-state index >= 15 is 0 Å². The minimum absolute atomic E-state index is 0.0437. The van der Waals surface area contributed by atoms with Gasteiger partial charge in [0, 0.05) is 18.7 Å². The fraction of sp³-hybridized carbons (Fsp3) is 0.250. The van der Waals surface area contributed by atoms with Crippen molar-refractivity contribution in [2.45, 2.75) is 6.54 Å². The molecule has 1 aromatic carbocycles. The van der Waals surface area contributed by atoms with Crippen LogP contribution in [0, 0.1) is 10.1 Å². The molecule has 0 unspecified atom stereocenters. The van der Waals surface area contributed by atoms with Crippen LogP contribution in [0.3, 0.4) is 0 Å². The summed E-state index contributed by atoms with van der Waals surface area (Å²) in [5, 5.41) is 13.5. The Labute approximate surface area is 120 Å². The summed E-state index contributed by atoms with van der Waals surface area (Å²) in [7, 11) is 2.88. The van der Waals surface area contributed by atoms with Gasteiger partial charge in [-0.05, 0) is 5.56 Å². The quantitative estimate of drug-likeness (QED) is 0.628. The molecule has 0 atom stereocenters. The minimum Gasteiger partial charge on any atom is -0.467 e. The van der Waals surface area contributed by atoms with E-state index in [0.29, 0.717) is 6.54 Å². The molecule has 0 bridgehead atoms. The third-order valence-corrected chi connectivity index (χ3v) is 2.56. The van der Waals surface area contributed by atoms with Gasteiger partial charge in [0.2, 0.25) is 5.95 Å². The van der Waals surface area contributed by atoms with Crippen molar-refractivity contribution in [2.75, 3.05) is 19.5 Å². The van der Waals surface area contributed by atoms with Crippen molar-refractivity contribution in [3.63, 3.8) is 0 Å². The molecule has 2 aromatic rings. The van der Waals surface area contributed by atoms with Crippen molar-refractivity contribution in [3.8, 4) is 12.0 Å². The third kappa shape index (κ3) is 3.75. The average molecular weight is 291 g/mol. The summed E-state index contributed by atoms with van der Waals surface area (Å²) >= 11 is 0. The summed E-state index contributed by atoms with van der Waals surface area (Å²) in [6, 6.07) is 6.44. The second kappa shape index (κ2) is 6.46. The summed E-state index contributed by atoms with van der Waals surface area (Å²) in [4.78, 5) is 22.0. The minimum atomic E-state index is -0.446. The smallest absolute Gasteiger partial charge is 0.324 e. The second-order valence-corrected chi connectivity index (χ2v) is 3.91. The van der Waals surface area contributed by atoms with Gasteiger partial charge >= 0.3 is 12.0 Å². The lowest BCUT2D eigenvalue weighted by atomic mass is 10.2. The van der Waals surface area contributed by atoms with Gasteiger partial charge in [0.25, 0.3) is 5.69 Å². The van der Waals surface area contributed by atoms with Gasteiger partial charge in [-0.25, -0.2) is 0 Å². The largest absolute Gasteiger partial charge is 0.467 e. The maximum absolute atomic E-state index is 10.6. The molecule has 1 aromatic heterocycles. The first-order valence-electron chi connectivity index (χ1n) is 5.93. The lowest BCUT2D eigenvalue weighted by Gasteiger charge is -2.07. The molecule has 0 amide bonds. The number of hydrogen-bond donors (Lipinski definition) is 1. The van der Waals surface area contributed by atoms with Crippen LogP contribution in [0.4, 0.5) is 11.6 Å². The standard InChI is InChI=1S/C12H13N5O4/c1-20-11-14-10(15-12(16-11)21-2)13-7-8-3-5-9(6-4-8)17(18)19/h3-6H,7H2,1-2H3,(H,13,14,15,16). The lowest BCUT2D eigenvalue weighted by Crippen LogP contribution is -2.07. The molecule has 0 radical (unpaired) electrons. The number of aromatic nitrogens is 3. The molecule has 9 nitrogen and oxygen atoms in total. The topological polar surface area (TPSA) is 112 Å². The number of nitro groups is 1. The lowest BCUT2D eigenvalue weighted by molar-refractivity contribution is -0.384. The first kappa shape index (κ1) is 14.4. The number of non-ortho nitro benzene ring substituents is 1. The Balaban J connectivity index is 2.06. The van der Waals surface area contributed by atoms with Gasteiger partial charge in [-0.15, -0.1) is 4.98 Å². The Kier molecular flexibility index (Phi) is 4.44. The van der Waals surface area contributed by atoms with E-state index in [2.05, 4.69) is 20.3 Å². The number of nitro benzene ring substituents is 1. The number of ether oxygens (including phenoxy) is 2. The van der Waals surface area contributed by atoms with Crippen LogP contribution in [0.5, 0.6) is 12.0 Å². The van der Waals surface area contributed by atoms with Gasteiger partial charge in [0.1, 0.15) is 0 Å². The van der Waals surface area contributed by atoms with Crippen LogP contribution in [0.1, 0.15) is 5.56 Å². The van der Waals surface area contributed by atoms with Crippen LogP contribution in [0.15, 0.2) is 24.3 Å². The number of hydrogen-bond acceptors (Lipinski definition) is 8. The molecule has 0 saturated carbocycles. The summed E-state index contributed by atoms with van der Waals surface area (Å²) < 4.78 is 9.87. The fourth-order valence-corrected chi connectivity index (χ4v) is 1.52. The molecule has 1 heterocycles. The van der Waals surface area contributed by atoms with Crippen molar-refractivity contribution in [2.24, 2.45) is 0 Å². The zero-order valence-corrected chi connectivity index (χ0v) is 11.4. The highest BCUT2D eigenvalue weighted by atomic mass is 16.6. The Hall–Kier alpha value is -2.97. The van der Waals surface area contributed by atoms with Crippen molar-refractivity contribution in [1.29, 1.82) is 0 Å². The summed E-state index contributed by atoms with van der Waals surface area (Å²) in [6.45, 7) is 0.397. The molecular formula is C12H13N5O4. The summed E-state index contributed by atoms with van der Waals surface area (Å²) in [5.41, 5.74) is 0.890. The van der Waals surface area contributed by atoms with Crippen LogP contribution in [0.2, 0.25) is 0 Å². The maximum atomic E-state index is 10.6. The van der Waals surface area contributed by atoms with Crippen LogP contribution >= 0.6 is 0 Å². The first-order valence-corrected chi connectivity index (χ1v) is 5.93. The highest BCUT2D eigenvalue weighted by Gasteiger charge is 2.08. The Morgan fingerprint density at radius 2 is 1.67 bits per heavy atom. The van der Waals surface area contributed by atoms with E-state index in [9.17, 15) is 10.1 Å². The van der Waals surface area contributed by atoms with E-state index in [1.807, 2.05) is 0 Å². The van der Waals surface area contributed by atoms with Crippen molar-refractivity contribution >= 4 is 11.6 Å². The van der Waals surface area contributed by atoms with Gasteiger partial charge in [0.05, 0.1) is 19.1 Å². The van der Waals surface area contributed by atoms with Gasteiger partial charge in [0.15, 0.2) is 0 Å². The Morgan fingerprint density at radius 1 is 1.10 bits per heavy atom. The molecule has 0 saturated heterocycles. The highest BCUT2D eigenvalue weighted by molar-refractivity contribution is 5.35. The van der Waals surface area contributed by atoms with E-state index in [0.717, 1.165) is 5.56 Å². The zero-order valence-electron chi connectivity index (χ0n) is 11.4. The SMILES string of the molecule is COc1nc(NCc2ccc([N+](=O)[O-])cc2)nc(OC)n1. The number of nitrogens with zero attached hydrogens (tertiary/aromatic N) is 4. The Bertz CT molecular complexity index is 610. The van der Waals surface area contributed by atoms with Crippen LogP contribution in [0.25, 0.3) is 0 Å². The zero-order chi connectivity index (χ0) is 15.2. The van der Waals surface area contributed by atoms with E-state index in [1.165, 1.54) is 26.4 Å². The van der Waals surface area contributed by atoms with Gasteiger partial charge in [-0.2, -0.15) is 9.97 Å². The van der Waals surface area contributed by atoms with Gasteiger partial charge in [-0.3, -0.25) is 10.1 Å². The van der Waals surface area contributed by atoms with Crippen LogP contribution < -0.4 is 14.8 Å². The predicted molar refractivity (Wildman–Crippen MR) is 73.4 cm³/mol. The Morgan fingerprint density at radius 3 is 2.14 bits per heavy atom. The fourth-order valence-electron chi connectivity index (χ4n) is 1.52. The normalized spacial score (nSPS) is 10.0. The maximum Gasteiger partial charge on any atom is 0.324 e. The second-order valence-electron chi connectivity index (χ2n) is 3.91. The number of nitrogens with one attached hydrogen (secondary N) is 1. The summed E-state index contributed by atoms with van der Waals surface area (Å²) in [5.74, 6) is 0.289. The molecule has 0 aliphatic carbocycles. The monoisotopic (exact) mass is 291 g/mol. The molecule has 0 spiro atoms. The van der Waals surface area contributed by atoms with Crippen LogP contribution in [-0.4, -0.2) is 34.1 Å². The van der Waals surface area contributed by atoms with Gasteiger partial charge < -0.3 is 14.8 Å². The summed E-state index contributed by atoms with van der Waals surface area (Å²) in [6.07, 6.45) is 0. The number of methoxy groups -OCH3 is 2. The molecule has 2 rings (SSSR count). The van der Waals surface area contributed by atoms with Crippen molar-refractivity contribution in [1.82, 2.24) is 15.0 Å². The molecule has 0 aliphatic heterocycles. The molecule has 9 heteroatoms. The number of anilines is 1. The first-order chi connectivity index (χ1) is 10.1. The number of benzene rings is 1. The predicted octanol–water partition coefficient (Wildman–Crippen LogP) is 1.41. The molecule has 1 N–H and O–H groups in total. The van der Waals surface area contributed by atoms with Crippen LogP contribution in [-0.2, 0) is 6.54 Å². The molecule has 0 aliphatic rings. The average Bonchev–Trinajstić information content (AvgIpc) is 2.52. The molecule has 110 valence electrons.